The molecule has 10 aromatic rings. The molecule has 0 radical (unpaired) electrons. The summed E-state index contributed by atoms with van der Waals surface area (Å²) in [7, 11) is 0. The topological polar surface area (TPSA) is 14.7 Å². The molecule has 0 saturated carbocycles. The largest absolute Gasteiger partial charge is 0.311 e. The summed E-state index contributed by atoms with van der Waals surface area (Å²) in [5, 5.41) is 2.46. The zero-order valence-electron chi connectivity index (χ0n) is 32.8. The van der Waals surface area contributed by atoms with E-state index in [0.717, 1.165) is 34.9 Å². The van der Waals surface area contributed by atoms with Crippen molar-refractivity contribution in [1.29, 1.82) is 0 Å². The van der Waals surface area contributed by atoms with E-state index >= 15 is 0 Å². The van der Waals surface area contributed by atoms with Crippen molar-refractivity contribution in [3.05, 3.63) is 223 Å². The third-order valence-corrected chi connectivity index (χ3v) is 12.8. The first-order chi connectivity index (χ1) is 29.8. The number of benzene rings is 9. The van der Waals surface area contributed by atoms with E-state index < -0.39 is 0 Å². The molecule has 2 aliphatic carbocycles. The molecule has 60 heavy (non-hydrogen) atoms. The Hall–Kier alpha value is -7.76. The van der Waals surface area contributed by atoms with Crippen molar-refractivity contribution in [2.24, 2.45) is 0 Å². The third-order valence-electron chi connectivity index (χ3n) is 12.8. The Kier molecular flexibility index (Phi) is 7.13. The van der Waals surface area contributed by atoms with Crippen molar-refractivity contribution in [3.8, 4) is 5.69 Å². The van der Waals surface area contributed by atoms with E-state index in [4.69, 9.17) is 0 Å². The zero-order chi connectivity index (χ0) is 39.3. The van der Waals surface area contributed by atoms with E-state index in [2.05, 4.69) is 232 Å². The number of nitrogens with zero attached hydrogens (tertiary/aromatic N) is 4. The van der Waals surface area contributed by atoms with Crippen molar-refractivity contribution >= 4 is 96.1 Å². The summed E-state index contributed by atoms with van der Waals surface area (Å²) >= 11 is 0. The molecular formula is C55H37BN4. The highest BCUT2D eigenvalue weighted by atomic mass is 15.2. The SMILES string of the molecule is c1ccc(N2c3cc4c(cc3B3c5c6cc(cc5N(c5ccccc5)c5cccc2c53)C6)c2c(N(c3ccccc3)c3ccccc3)cccc2n4-c2ccccc2)cc1. The van der Waals surface area contributed by atoms with Crippen LogP contribution >= 0.6 is 0 Å². The Morgan fingerprint density at radius 3 is 1.55 bits per heavy atom. The summed E-state index contributed by atoms with van der Waals surface area (Å²) in [5.74, 6) is 0. The second-order valence-corrected chi connectivity index (χ2v) is 16.1. The van der Waals surface area contributed by atoms with Crippen molar-refractivity contribution in [2.45, 2.75) is 6.42 Å². The van der Waals surface area contributed by atoms with Gasteiger partial charge in [0.2, 0.25) is 0 Å². The van der Waals surface area contributed by atoms with Crippen LogP contribution in [0.15, 0.2) is 212 Å². The lowest BCUT2D eigenvalue weighted by molar-refractivity contribution is 1.09. The van der Waals surface area contributed by atoms with Crippen LogP contribution in [0.5, 0.6) is 0 Å². The number of hydrogen-bond acceptors (Lipinski definition) is 3. The van der Waals surface area contributed by atoms with Crippen molar-refractivity contribution < 1.29 is 0 Å². The first kappa shape index (κ1) is 33.2. The third kappa shape index (κ3) is 4.75. The van der Waals surface area contributed by atoms with Crippen LogP contribution < -0.4 is 31.1 Å². The summed E-state index contributed by atoms with van der Waals surface area (Å²) in [6, 6.07) is 78.0. The Balaban J connectivity index is 1.17. The molecule has 4 nitrogen and oxygen atoms in total. The molecular weight excluding hydrogens is 727 g/mol. The summed E-state index contributed by atoms with van der Waals surface area (Å²) in [5.41, 5.74) is 21.1. The molecule has 280 valence electrons. The van der Waals surface area contributed by atoms with Gasteiger partial charge in [0.1, 0.15) is 0 Å². The van der Waals surface area contributed by atoms with Crippen LogP contribution in [0.3, 0.4) is 0 Å². The van der Waals surface area contributed by atoms with Gasteiger partial charge in [0.25, 0.3) is 6.71 Å². The zero-order valence-corrected chi connectivity index (χ0v) is 32.8. The van der Waals surface area contributed by atoms with Crippen molar-refractivity contribution in [1.82, 2.24) is 4.57 Å². The van der Waals surface area contributed by atoms with Gasteiger partial charge >= 0.3 is 0 Å². The fourth-order valence-corrected chi connectivity index (χ4v) is 10.4. The van der Waals surface area contributed by atoms with E-state index in [1.807, 2.05) is 0 Å². The standard InChI is InChI=1S/C55H37BN4/c1-6-18-39(19-7-1)57(40-20-8-2-9-21-40)46-28-16-29-47-53(46)44-35-45-51(36-50(44)58(47)41-22-10-3-11-23-41)59(42-24-12-4-13-25-42)48-30-17-31-49-55(48)56(45)54-38-32-37(33-38)34-52(54)60(49)43-26-14-5-15-27-43/h1-32,34-36H,33H2. The summed E-state index contributed by atoms with van der Waals surface area (Å²) < 4.78 is 2.48. The summed E-state index contributed by atoms with van der Waals surface area (Å²) in [6.45, 7) is 0.0384. The molecule has 3 heterocycles. The van der Waals surface area contributed by atoms with Crippen LogP contribution in [0.2, 0.25) is 0 Å². The lowest BCUT2D eigenvalue weighted by Gasteiger charge is -2.46. The normalized spacial score (nSPS) is 13.2. The maximum Gasteiger partial charge on any atom is 0.252 e. The molecule has 2 aliphatic heterocycles. The molecule has 0 unspecified atom stereocenters. The molecule has 0 saturated heterocycles. The second-order valence-electron chi connectivity index (χ2n) is 16.1. The van der Waals surface area contributed by atoms with E-state index in [0.29, 0.717) is 0 Å². The summed E-state index contributed by atoms with van der Waals surface area (Å²) in [4.78, 5) is 7.46. The quantitative estimate of drug-likeness (QED) is 0.157. The highest BCUT2D eigenvalue weighted by molar-refractivity contribution is 7.00. The van der Waals surface area contributed by atoms with Gasteiger partial charge in [-0.15, -0.1) is 0 Å². The Labute approximate surface area is 349 Å². The van der Waals surface area contributed by atoms with Crippen LogP contribution in [0.4, 0.5) is 51.2 Å². The molecule has 5 heteroatoms. The van der Waals surface area contributed by atoms with Gasteiger partial charge in [-0.25, -0.2) is 0 Å². The number of para-hydroxylation sites is 5. The molecule has 0 spiro atoms. The Morgan fingerprint density at radius 2 is 0.950 bits per heavy atom. The van der Waals surface area contributed by atoms with Gasteiger partial charge in [-0.2, -0.15) is 0 Å². The maximum atomic E-state index is 2.56. The molecule has 0 N–H and O–H groups in total. The first-order valence-electron chi connectivity index (χ1n) is 20.9. The summed E-state index contributed by atoms with van der Waals surface area (Å²) in [6.07, 6.45) is 1.01. The lowest BCUT2D eigenvalue weighted by Crippen LogP contribution is -2.62. The number of rotatable bonds is 6. The molecule has 14 rings (SSSR count). The number of fused-ring (bicyclic) bond motifs is 5. The minimum atomic E-state index is 0.0384. The predicted molar refractivity (Wildman–Crippen MR) is 252 cm³/mol. The highest BCUT2D eigenvalue weighted by Crippen LogP contribution is 2.49. The molecule has 0 atom stereocenters. The number of hydrogen-bond donors (Lipinski definition) is 0. The van der Waals surface area contributed by atoms with Crippen LogP contribution in [0.1, 0.15) is 11.1 Å². The molecule has 1 aromatic heterocycles. The van der Waals surface area contributed by atoms with Crippen LogP contribution in [-0.2, 0) is 6.42 Å². The second kappa shape index (κ2) is 12.9. The van der Waals surface area contributed by atoms with Crippen molar-refractivity contribution in [2.75, 3.05) is 14.7 Å². The van der Waals surface area contributed by atoms with Gasteiger partial charge in [0.05, 0.1) is 16.7 Å². The minimum absolute atomic E-state index is 0.0384. The monoisotopic (exact) mass is 764 g/mol. The van der Waals surface area contributed by atoms with Crippen LogP contribution in [-0.4, -0.2) is 11.3 Å². The smallest absolute Gasteiger partial charge is 0.252 e. The van der Waals surface area contributed by atoms with Crippen LogP contribution in [0.25, 0.3) is 27.5 Å². The molecule has 0 fully saturated rings. The van der Waals surface area contributed by atoms with Crippen molar-refractivity contribution in [3.63, 3.8) is 0 Å². The highest BCUT2D eigenvalue weighted by Gasteiger charge is 2.46. The lowest BCUT2D eigenvalue weighted by atomic mass is 9.32. The molecule has 4 aliphatic rings. The van der Waals surface area contributed by atoms with Gasteiger partial charge in [0.15, 0.2) is 0 Å². The van der Waals surface area contributed by atoms with Gasteiger partial charge in [-0.1, -0.05) is 115 Å². The van der Waals surface area contributed by atoms with Gasteiger partial charge in [-0.3, -0.25) is 0 Å². The van der Waals surface area contributed by atoms with E-state index in [-0.39, 0.29) is 6.71 Å². The van der Waals surface area contributed by atoms with Gasteiger partial charge < -0.3 is 19.3 Å². The Morgan fingerprint density at radius 1 is 0.417 bits per heavy atom. The Bertz CT molecular complexity index is 3250. The van der Waals surface area contributed by atoms with E-state index in [1.165, 1.54) is 77.8 Å². The first-order valence-corrected chi connectivity index (χ1v) is 20.9. The average molecular weight is 765 g/mol. The average Bonchev–Trinajstić information content (AvgIpc) is 3.63. The van der Waals surface area contributed by atoms with Crippen LogP contribution in [0, 0.1) is 0 Å². The number of anilines is 9. The predicted octanol–water partition coefficient (Wildman–Crippen LogP) is 12.2. The molecule has 2 bridgehead atoms. The molecule has 9 aromatic carbocycles. The van der Waals surface area contributed by atoms with Gasteiger partial charge in [-0.05, 0) is 131 Å². The minimum Gasteiger partial charge on any atom is -0.311 e. The fourth-order valence-electron chi connectivity index (χ4n) is 10.4. The van der Waals surface area contributed by atoms with Gasteiger partial charge in [0, 0.05) is 62.0 Å². The van der Waals surface area contributed by atoms with E-state index in [9.17, 15) is 0 Å². The maximum absolute atomic E-state index is 2.56. The van der Waals surface area contributed by atoms with E-state index in [1.54, 1.807) is 0 Å². The fraction of sp³-hybridized carbons (Fsp3) is 0.0182. The number of aromatic nitrogens is 1. The molecule has 0 amide bonds.